The molecule has 172 valence electrons. The molecule has 0 N–H and O–H groups in total. The van der Waals surface area contributed by atoms with Crippen molar-refractivity contribution in [1.82, 2.24) is 14.4 Å². The van der Waals surface area contributed by atoms with Crippen molar-refractivity contribution in [2.45, 2.75) is 32.0 Å². The number of amides is 2. The molecule has 4 rings (SSSR count). The highest BCUT2D eigenvalue weighted by molar-refractivity contribution is 6.30. The quantitative estimate of drug-likeness (QED) is 0.449. The van der Waals surface area contributed by atoms with Crippen LogP contribution in [0.25, 0.3) is 0 Å². The second kappa shape index (κ2) is 10.6. The van der Waals surface area contributed by atoms with E-state index >= 15 is 0 Å². The average molecular weight is 466 g/mol. The van der Waals surface area contributed by atoms with E-state index in [1.807, 2.05) is 65.2 Å². The maximum Gasteiger partial charge on any atom is 0.261 e. The first-order valence-corrected chi connectivity index (χ1v) is 11.5. The van der Waals surface area contributed by atoms with Crippen molar-refractivity contribution in [3.8, 4) is 5.75 Å². The Kier molecular flexibility index (Phi) is 7.35. The smallest absolute Gasteiger partial charge is 0.261 e. The number of hydrogen-bond donors (Lipinski definition) is 0. The molecule has 6 nitrogen and oxygen atoms in total. The van der Waals surface area contributed by atoms with Crippen molar-refractivity contribution >= 4 is 23.4 Å². The minimum absolute atomic E-state index is 0.0464. The molecule has 0 spiro atoms. The van der Waals surface area contributed by atoms with Crippen LogP contribution < -0.4 is 4.74 Å². The van der Waals surface area contributed by atoms with E-state index in [0.717, 1.165) is 24.1 Å². The Hall–Kier alpha value is -3.25. The molecule has 33 heavy (non-hydrogen) atoms. The molecular weight excluding hydrogens is 438 g/mol. The van der Waals surface area contributed by atoms with Crippen LogP contribution in [0.1, 0.15) is 24.1 Å². The molecule has 1 heterocycles. The average Bonchev–Trinajstić information content (AvgIpc) is 3.59. The number of benzene rings is 2. The van der Waals surface area contributed by atoms with Crippen LogP contribution in [-0.4, -0.2) is 45.4 Å². The maximum atomic E-state index is 13.4. The van der Waals surface area contributed by atoms with Gasteiger partial charge in [0.1, 0.15) is 12.3 Å². The number of rotatable bonds is 10. The number of carbonyl (C=O) groups excluding carboxylic acids is 2. The summed E-state index contributed by atoms with van der Waals surface area (Å²) in [4.78, 5) is 29.8. The van der Waals surface area contributed by atoms with E-state index in [2.05, 4.69) is 0 Å². The van der Waals surface area contributed by atoms with Crippen LogP contribution in [0.4, 0.5) is 0 Å². The lowest BCUT2D eigenvalue weighted by molar-refractivity contribution is -0.142. The molecule has 7 heteroatoms. The summed E-state index contributed by atoms with van der Waals surface area (Å²) in [6.07, 6.45) is 3.79. The van der Waals surface area contributed by atoms with Gasteiger partial charge in [-0.3, -0.25) is 9.59 Å². The molecule has 1 fully saturated rings. The molecular formula is C26H28ClN3O3. The Balaban J connectivity index is 1.43. The molecule has 1 aliphatic carbocycles. The summed E-state index contributed by atoms with van der Waals surface area (Å²) < 4.78 is 7.65. The molecule has 1 aliphatic rings. The van der Waals surface area contributed by atoms with Crippen LogP contribution in [0.3, 0.4) is 0 Å². The van der Waals surface area contributed by atoms with Gasteiger partial charge >= 0.3 is 0 Å². The fraction of sp³-hybridized carbons (Fsp3) is 0.308. The van der Waals surface area contributed by atoms with Crippen molar-refractivity contribution in [3.05, 3.63) is 89.2 Å². The SMILES string of the molecule is Cn1cccc1CN(Cc1ccccc1)C(=O)CN(C(=O)COc1ccc(Cl)cc1)C1CC1. The van der Waals surface area contributed by atoms with Crippen molar-refractivity contribution in [2.24, 2.45) is 7.05 Å². The molecule has 0 aliphatic heterocycles. The van der Waals surface area contributed by atoms with Gasteiger partial charge in [0.05, 0.1) is 6.54 Å². The van der Waals surface area contributed by atoms with Crippen LogP contribution in [0.15, 0.2) is 72.9 Å². The summed E-state index contributed by atoms with van der Waals surface area (Å²) >= 11 is 5.91. The van der Waals surface area contributed by atoms with Gasteiger partial charge in [0.2, 0.25) is 5.91 Å². The normalized spacial score (nSPS) is 12.9. The summed E-state index contributed by atoms with van der Waals surface area (Å²) in [5, 5.41) is 0.607. The molecule has 0 unspecified atom stereocenters. The fourth-order valence-corrected chi connectivity index (χ4v) is 3.83. The number of aromatic nitrogens is 1. The molecule has 1 aromatic heterocycles. The van der Waals surface area contributed by atoms with Crippen LogP contribution in [0.5, 0.6) is 5.75 Å². The number of halogens is 1. The van der Waals surface area contributed by atoms with E-state index in [4.69, 9.17) is 16.3 Å². The zero-order valence-electron chi connectivity index (χ0n) is 18.7. The van der Waals surface area contributed by atoms with E-state index in [1.165, 1.54) is 0 Å². The summed E-state index contributed by atoms with van der Waals surface area (Å²) in [5.74, 6) is 0.315. The van der Waals surface area contributed by atoms with Crippen molar-refractivity contribution < 1.29 is 14.3 Å². The minimum Gasteiger partial charge on any atom is -0.484 e. The van der Waals surface area contributed by atoms with Gasteiger partial charge in [-0.2, -0.15) is 0 Å². The third-order valence-corrected chi connectivity index (χ3v) is 6.01. The molecule has 0 saturated heterocycles. The first kappa shape index (κ1) is 22.9. The van der Waals surface area contributed by atoms with E-state index in [9.17, 15) is 9.59 Å². The lowest BCUT2D eigenvalue weighted by Gasteiger charge is -2.28. The number of ether oxygens (including phenoxy) is 1. The van der Waals surface area contributed by atoms with Gasteiger partial charge in [0.25, 0.3) is 5.91 Å². The summed E-state index contributed by atoms with van der Waals surface area (Å²) in [6, 6.07) is 20.9. The summed E-state index contributed by atoms with van der Waals surface area (Å²) in [6.45, 7) is 0.899. The van der Waals surface area contributed by atoms with Gasteiger partial charge in [-0.1, -0.05) is 41.9 Å². The van der Waals surface area contributed by atoms with Gasteiger partial charge in [0.15, 0.2) is 6.61 Å². The Morgan fingerprint density at radius 2 is 1.70 bits per heavy atom. The summed E-state index contributed by atoms with van der Waals surface area (Å²) in [7, 11) is 1.97. The first-order chi connectivity index (χ1) is 16.0. The highest BCUT2D eigenvalue weighted by Gasteiger charge is 2.35. The highest BCUT2D eigenvalue weighted by atomic mass is 35.5. The maximum absolute atomic E-state index is 13.4. The molecule has 0 atom stereocenters. The standard InChI is InChI=1S/C26H28ClN3O3/c1-28-15-5-8-23(28)17-29(16-20-6-3-2-4-7-20)25(31)18-30(22-11-12-22)26(32)19-33-24-13-9-21(27)10-14-24/h2-10,13-15,22H,11-12,16-19H2,1H3. The first-order valence-electron chi connectivity index (χ1n) is 11.1. The second-order valence-corrected chi connectivity index (χ2v) is 8.78. The lowest BCUT2D eigenvalue weighted by Crippen LogP contribution is -2.45. The third kappa shape index (κ3) is 6.39. The van der Waals surface area contributed by atoms with Crippen LogP contribution >= 0.6 is 11.6 Å². The number of nitrogens with zero attached hydrogens (tertiary/aromatic N) is 3. The van der Waals surface area contributed by atoms with Crippen molar-refractivity contribution in [2.75, 3.05) is 13.2 Å². The molecule has 2 amide bonds. The van der Waals surface area contributed by atoms with E-state index < -0.39 is 0 Å². The number of hydrogen-bond acceptors (Lipinski definition) is 3. The van der Waals surface area contributed by atoms with Gasteiger partial charge in [-0.05, 0) is 54.8 Å². The Morgan fingerprint density at radius 1 is 0.970 bits per heavy atom. The number of aryl methyl sites for hydroxylation is 1. The number of carbonyl (C=O) groups is 2. The molecule has 2 aromatic carbocycles. The zero-order valence-corrected chi connectivity index (χ0v) is 19.4. The topological polar surface area (TPSA) is 54.8 Å². The Labute approximate surface area is 199 Å². The fourth-order valence-electron chi connectivity index (χ4n) is 3.70. The zero-order chi connectivity index (χ0) is 23.2. The molecule has 1 saturated carbocycles. The third-order valence-electron chi connectivity index (χ3n) is 5.76. The van der Waals surface area contributed by atoms with Gasteiger partial charge in [-0.15, -0.1) is 0 Å². The monoisotopic (exact) mass is 465 g/mol. The van der Waals surface area contributed by atoms with Gasteiger partial charge in [-0.25, -0.2) is 0 Å². The predicted octanol–water partition coefficient (Wildman–Crippen LogP) is 4.28. The van der Waals surface area contributed by atoms with E-state index in [1.54, 1.807) is 29.2 Å². The minimum atomic E-state index is -0.181. The molecule has 3 aromatic rings. The van der Waals surface area contributed by atoms with Crippen molar-refractivity contribution in [1.29, 1.82) is 0 Å². The molecule has 0 radical (unpaired) electrons. The highest BCUT2D eigenvalue weighted by Crippen LogP contribution is 2.27. The lowest BCUT2D eigenvalue weighted by atomic mass is 10.2. The van der Waals surface area contributed by atoms with Crippen LogP contribution in [0, 0.1) is 0 Å². The predicted molar refractivity (Wildman–Crippen MR) is 128 cm³/mol. The van der Waals surface area contributed by atoms with Gasteiger partial charge < -0.3 is 19.1 Å². The summed E-state index contributed by atoms with van der Waals surface area (Å²) in [5.41, 5.74) is 2.09. The van der Waals surface area contributed by atoms with E-state index in [-0.39, 0.29) is 31.0 Å². The van der Waals surface area contributed by atoms with Gasteiger partial charge in [0, 0.05) is 36.5 Å². The van der Waals surface area contributed by atoms with E-state index in [0.29, 0.717) is 23.9 Å². The van der Waals surface area contributed by atoms with Crippen LogP contribution in [-0.2, 0) is 29.7 Å². The Bertz CT molecular complexity index is 1080. The largest absolute Gasteiger partial charge is 0.484 e. The Morgan fingerprint density at radius 3 is 2.33 bits per heavy atom. The molecule has 0 bridgehead atoms. The second-order valence-electron chi connectivity index (χ2n) is 8.34. The van der Waals surface area contributed by atoms with Crippen LogP contribution in [0.2, 0.25) is 5.02 Å². The van der Waals surface area contributed by atoms with Crippen molar-refractivity contribution in [3.63, 3.8) is 0 Å².